The van der Waals surface area contributed by atoms with E-state index in [9.17, 15) is 18.8 Å². The van der Waals surface area contributed by atoms with Crippen LogP contribution in [-0.2, 0) is 4.79 Å². The molecule has 1 aromatic heterocycles. The normalized spacial score (nSPS) is 15.8. The number of halogens is 1. The Hall–Kier alpha value is -2.52. The van der Waals surface area contributed by atoms with Crippen LogP contribution in [0.4, 0.5) is 9.18 Å². The average molecular weight is 391 g/mol. The Balaban J connectivity index is 1.58. The summed E-state index contributed by atoms with van der Waals surface area (Å²) in [7, 11) is 0. The van der Waals surface area contributed by atoms with Crippen LogP contribution in [-0.4, -0.2) is 40.0 Å². The first-order chi connectivity index (χ1) is 12.4. The fourth-order valence-corrected chi connectivity index (χ4v) is 3.70. The first-order valence-electron chi connectivity index (χ1n) is 7.65. The molecule has 0 atom stereocenters. The summed E-state index contributed by atoms with van der Waals surface area (Å²) in [6.45, 7) is 2.01. The zero-order valence-electron chi connectivity index (χ0n) is 13.7. The molecule has 6 nitrogen and oxygen atoms in total. The van der Waals surface area contributed by atoms with E-state index < -0.39 is 11.1 Å². The van der Waals surface area contributed by atoms with Crippen molar-refractivity contribution in [3.05, 3.63) is 56.6 Å². The van der Waals surface area contributed by atoms with Gasteiger partial charge in [0.2, 0.25) is 0 Å². The van der Waals surface area contributed by atoms with Gasteiger partial charge in [0.1, 0.15) is 11.5 Å². The molecule has 0 unspecified atom stereocenters. The summed E-state index contributed by atoms with van der Waals surface area (Å²) in [6, 6.07) is 5.62. The van der Waals surface area contributed by atoms with Crippen LogP contribution in [0.3, 0.4) is 0 Å². The number of hydrogen-bond acceptors (Lipinski definition) is 6. The molecule has 0 radical (unpaired) electrons. The number of aromatic nitrogens is 1. The number of nitrogens with one attached hydrogen (secondary N) is 1. The maximum atomic E-state index is 12.9. The lowest BCUT2D eigenvalue weighted by Crippen LogP contribution is -2.37. The lowest BCUT2D eigenvalue weighted by molar-refractivity contribution is -0.122. The summed E-state index contributed by atoms with van der Waals surface area (Å²) in [5.74, 6) is -1.15. The number of rotatable bonds is 5. The molecule has 0 saturated carbocycles. The van der Waals surface area contributed by atoms with E-state index in [4.69, 9.17) is 0 Å². The van der Waals surface area contributed by atoms with Crippen LogP contribution in [0, 0.1) is 12.7 Å². The maximum absolute atomic E-state index is 12.9. The van der Waals surface area contributed by atoms with E-state index in [1.165, 1.54) is 35.6 Å². The second-order valence-corrected chi connectivity index (χ2v) is 7.45. The van der Waals surface area contributed by atoms with Gasteiger partial charge in [-0.05, 0) is 42.5 Å². The lowest BCUT2D eigenvalue weighted by Gasteiger charge is -2.12. The third-order valence-corrected chi connectivity index (χ3v) is 5.19. The number of imide groups is 1. The predicted octanol–water partition coefficient (Wildman–Crippen LogP) is 3.06. The number of aryl methyl sites for hydroxylation is 1. The minimum absolute atomic E-state index is 0.0697. The Morgan fingerprint density at radius 3 is 2.69 bits per heavy atom. The lowest BCUT2D eigenvalue weighted by atomic mass is 10.2. The fourth-order valence-electron chi connectivity index (χ4n) is 2.24. The van der Waals surface area contributed by atoms with Crippen molar-refractivity contribution in [3.8, 4) is 0 Å². The third-order valence-electron chi connectivity index (χ3n) is 3.51. The summed E-state index contributed by atoms with van der Waals surface area (Å²) < 4.78 is 12.9. The van der Waals surface area contributed by atoms with Crippen LogP contribution in [0.1, 0.15) is 21.1 Å². The molecule has 2 heterocycles. The molecule has 3 rings (SSSR count). The van der Waals surface area contributed by atoms with Crippen LogP contribution >= 0.6 is 23.1 Å². The first kappa shape index (κ1) is 18.3. The van der Waals surface area contributed by atoms with Crippen molar-refractivity contribution >= 4 is 46.2 Å². The largest absolute Gasteiger partial charge is 0.349 e. The molecule has 1 aliphatic rings. The predicted molar refractivity (Wildman–Crippen MR) is 98.3 cm³/mol. The summed E-state index contributed by atoms with van der Waals surface area (Å²) in [4.78, 5) is 41.7. The molecule has 1 aromatic carbocycles. The smallest absolute Gasteiger partial charge is 0.293 e. The van der Waals surface area contributed by atoms with Crippen molar-refractivity contribution in [2.75, 3.05) is 13.1 Å². The van der Waals surface area contributed by atoms with Gasteiger partial charge >= 0.3 is 0 Å². The highest BCUT2D eigenvalue weighted by atomic mass is 32.2. The second-order valence-electron chi connectivity index (χ2n) is 5.39. The Bertz CT molecular complexity index is 893. The molecular weight excluding hydrogens is 377 g/mol. The van der Waals surface area contributed by atoms with Gasteiger partial charge < -0.3 is 5.32 Å². The number of nitrogens with zero attached hydrogens (tertiary/aromatic N) is 2. The first-order valence-corrected chi connectivity index (χ1v) is 9.35. The Kier molecular flexibility index (Phi) is 5.48. The van der Waals surface area contributed by atoms with Gasteiger partial charge in [0, 0.05) is 18.5 Å². The van der Waals surface area contributed by atoms with Crippen molar-refractivity contribution < 1.29 is 18.8 Å². The van der Waals surface area contributed by atoms with Crippen molar-refractivity contribution in [1.29, 1.82) is 0 Å². The highest BCUT2D eigenvalue weighted by molar-refractivity contribution is 8.18. The highest BCUT2D eigenvalue weighted by Gasteiger charge is 2.34. The third kappa shape index (κ3) is 4.17. The van der Waals surface area contributed by atoms with Crippen LogP contribution in [0.5, 0.6) is 0 Å². The van der Waals surface area contributed by atoms with Crippen molar-refractivity contribution in [1.82, 2.24) is 15.2 Å². The average Bonchev–Trinajstić information content (AvgIpc) is 3.15. The SMILES string of the molecule is Cc1nc(C(=O)NCCN2C(=O)S/C(=C/c3ccc(F)cc3)C2=O)cs1. The molecule has 26 heavy (non-hydrogen) atoms. The van der Waals surface area contributed by atoms with Crippen LogP contribution in [0.25, 0.3) is 6.08 Å². The monoisotopic (exact) mass is 391 g/mol. The summed E-state index contributed by atoms with van der Waals surface area (Å²) >= 11 is 2.19. The summed E-state index contributed by atoms with van der Waals surface area (Å²) in [5.41, 5.74) is 0.946. The van der Waals surface area contributed by atoms with E-state index in [1.54, 1.807) is 18.4 Å². The number of benzene rings is 1. The Labute approximate surface area is 157 Å². The van der Waals surface area contributed by atoms with Crippen molar-refractivity contribution in [3.63, 3.8) is 0 Å². The molecular formula is C17H14FN3O3S2. The summed E-state index contributed by atoms with van der Waals surface area (Å²) in [5, 5.41) is 4.67. The number of thioether (sulfide) groups is 1. The molecule has 9 heteroatoms. The molecule has 3 amide bonds. The second kappa shape index (κ2) is 7.79. The molecule has 2 aromatic rings. The van der Waals surface area contributed by atoms with Gasteiger partial charge in [-0.15, -0.1) is 11.3 Å². The van der Waals surface area contributed by atoms with Crippen molar-refractivity contribution in [2.24, 2.45) is 0 Å². The van der Waals surface area contributed by atoms with Gasteiger partial charge in [0.05, 0.1) is 9.91 Å². The number of thiazole rings is 1. The molecule has 134 valence electrons. The zero-order chi connectivity index (χ0) is 18.7. The van der Waals surface area contributed by atoms with Gasteiger partial charge in [-0.1, -0.05) is 12.1 Å². The minimum atomic E-state index is -0.428. The zero-order valence-corrected chi connectivity index (χ0v) is 15.3. The topological polar surface area (TPSA) is 79.4 Å². The Morgan fingerprint density at radius 2 is 2.04 bits per heavy atom. The Morgan fingerprint density at radius 1 is 1.31 bits per heavy atom. The molecule has 1 fully saturated rings. The van der Waals surface area contributed by atoms with E-state index in [2.05, 4.69) is 10.3 Å². The molecule has 1 aliphatic heterocycles. The van der Waals surface area contributed by atoms with E-state index in [0.717, 1.165) is 21.7 Å². The summed E-state index contributed by atoms with van der Waals surface area (Å²) in [6.07, 6.45) is 1.54. The van der Waals surface area contributed by atoms with E-state index >= 15 is 0 Å². The van der Waals surface area contributed by atoms with Crippen LogP contribution < -0.4 is 5.32 Å². The van der Waals surface area contributed by atoms with E-state index in [-0.39, 0.29) is 29.7 Å². The molecule has 0 aliphatic carbocycles. The quantitative estimate of drug-likeness (QED) is 0.793. The number of hydrogen-bond donors (Lipinski definition) is 1. The van der Waals surface area contributed by atoms with Crippen LogP contribution in [0.2, 0.25) is 0 Å². The molecule has 1 saturated heterocycles. The standard InChI is InChI=1S/C17H14FN3O3S2/c1-10-20-13(9-25-10)15(22)19-6-7-21-16(23)14(26-17(21)24)8-11-2-4-12(18)5-3-11/h2-5,8-9H,6-7H2,1H3,(H,19,22)/b14-8+. The number of carbonyl (C=O) groups excluding carboxylic acids is 3. The fraction of sp³-hybridized carbons (Fsp3) is 0.176. The van der Waals surface area contributed by atoms with Gasteiger partial charge in [0.15, 0.2) is 0 Å². The van der Waals surface area contributed by atoms with Gasteiger partial charge in [-0.2, -0.15) is 0 Å². The molecule has 0 spiro atoms. The van der Waals surface area contributed by atoms with E-state index in [1.807, 2.05) is 0 Å². The molecule has 1 N–H and O–H groups in total. The maximum Gasteiger partial charge on any atom is 0.293 e. The van der Waals surface area contributed by atoms with Gasteiger partial charge in [-0.25, -0.2) is 9.37 Å². The highest BCUT2D eigenvalue weighted by Crippen LogP contribution is 2.31. The minimum Gasteiger partial charge on any atom is -0.349 e. The molecule has 0 bridgehead atoms. The van der Waals surface area contributed by atoms with Crippen molar-refractivity contribution in [2.45, 2.75) is 6.92 Å². The van der Waals surface area contributed by atoms with Crippen LogP contribution in [0.15, 0.2) is 34.6 Å². The van der Waals surface area contributed by atoms with E-state index in [0.29, 0.717) is 11.3 Å². The van der Waals surface area contributed by atoms with Gasteiger partial charge in [0.25, 0.3) is 17.1 Å². The number of amides is 3. The van der Waals surface area contributed by atoms with Gasteiger partial charge in [-0.3, -0.25) is 19.3 Å². The number of carbonyl (C=O) groups is 3.